The third kappa shape index (κ3) is 2.27. The average molecular weight is 306 g/mol. The van der Waals surface area contributed by atoms with Gasteiger partial charge in [0.05, 0.1) is 38.3 Å². The van der Waals surface area contributed by atoms with E-state index >= 15 is 0 Å². The molecular formula is C17H20F2N2O. The van der Waals surface area contributed by atoms with E-state index in [1.807, 2.05) is 30.2 Å². The maximum absolute atomic E-state index is 14.7. The molecule has 0 radical (unpaired) electrons. The van der Waals surface area contributed by atoms with Crippen molar-refractivity contribution in [2.24, 2.45) is 4.99 Å². The van der Waals surface area contributed by atoms with Crippen LogP contribution in [0.2, 0.25) is 0 Å². The Morgan fingerprint density at radius 1 is 1.32 bits per heavy atom. The molecule has 2 saturated heterocycles. The highest BCUT2D eigenvalue weighted by molar-refractivity contribution is 5.85. The van der Waals surface area contributed by atoms with Gasteiger partial charge in [-0.25, -0.2) is 8.78 Å². The second-order valence-corrected chi connectivity index (χ2v) is 6.64. The van der Waals surface area contributed by atoms with Crippen molar-refractivity contribution in [3.8, 4) is 0 Å². The van der Waals surface area contributed by atoms with E-state index in [4.69, 9.17) is 4.74 Å². The van der Waals surface area contributed by atoms with E-state index < -0.39 is 11.8 Å². The Morgan fingerprint density at radius 2 is 2.14 bits per heavy atom. The summed E-state index contributed by atoms with van der Waals surface area (Å²) in [6.45, 7) is 4.31. The number of ether oxygens (including phenoxy) is 1. The van der Waals surface area contributed by atoms with Gasteiger partial charge in [-0.1, -0.05) is 6.07 Å². The maximum atomic E-state index is 14.7. The van der Waals surface area contributed by atoms with Crippen LogP contribution in [0.1, 0.15) is 34.6 Å². The van der Waals surface area contributed by atoms with Crippen LogP contribution in [0, 0.1) is 6.92 Å². The largest absolute Gasteiger partial charge is 0.378 e. The molecule has 0 bridgehead atoms. The molecule has 1 unspecified atom stereocenters. The van der Waals surface area contributed by atoms with Crippen molar-refractivity contribution < 1.29 is 13.5 Å². The zero-order valence-electron chi connectivity index (χ0n) is 12.7. The molecule has 3 heterocycles. The average Bonchev–Trinajstić information content (AvgIpc) is 2.82. The molecule has 3 aliphatic heterocycles. The van der Waals surface area contributed by atoms with Gasteiger partial charge in [-0.3, -0.25) is 9.89 Å². The molecule has 0 saturated carbocycles. The highest BCUT2D eigenvalue weighted by atomic mass is 19.3. The third-order valence-electron chi connectivity index (χ3n) is 5.16. The number of aryl methyl sites for hydroxylation is 1. The number of piperidine rings is 1. The second-order valence-electron chi connectivity index (χ2n) is 6.64. The molecule has 0 spiro atoms. The third-order valence-corrected chi connectivity index (χ3v) is 5.16. The second kappa shape index (κ2) is 5.10. The van der Waals surface area contributed by atoms with E-state index in [0.717, 1.165) is 28.8 Å². The Bertz CT molecular complexity index is 625. The molecule has 5 heteroatoms. The van der Waals surface area contributed by atoms with Crippen LogP contribution in [0.4, 0.5) is 8.78 Å². The number of alkyl halides is 2. The maximum Gasteiger partial charge on any atom is 0.267 e. The van der Waals surface area contributed by atoms with Crippen LogP contribution in [0.5, 0.6) is 0 Å². The van der Waals surface area contributed by atoms with Crippen molar-refractivity contribution in [2.45, 2.75) is 37.8 Å². The lowest BCUT2D eigenvalue weighted by Crippen LogP contribution is -2.57. The monoisotopic (exact) mass is 306 g/mol. The van der Waals surface area contributed by atoms with Gasteiger partial charge >= 0.3 is 0 Å². The number of rotatable bonds is 2. The van der Waals surface area contributed by atoms with E-state index in [1.54, 1.807) is 0 Å². The van der Waals surface area contributed by atoms with Gasteiger partial charge in [0.15, 0.2) is 0 Å². The van der Waals surface area contributed by atoms with E-state index in [-0.39, 0.29) is 12.6 Å². The van der Waals surface area contributed by atoms with Crippen LogP contribution >= 0.6 is 0 Å². The van der Waals surface area contributed by atoms with Gasteiger partial charge < -0.3 is 4.74 Å². The summed E-state index contributed by atoms with van der Waals surface area (Å²) in [6, 6.07) is 4.14. The van der Waals surface area contributed by atoms with Gasteiger partial charge in [0, 0.05) is 6.21 Å². The summed E-state index contributed by atoms with van der Waals surface area (Å²) in [4.78, 5) is 6.13. The summed E-state index contributed by atoms with van der Waals surface area (Å²) >= 11 is 0. The molecule has 3 nitrogen and oxygen atoms in total. The summed E-state index contributed by atoms with van der Waals surface area (Å²) < 4.78 is 34.6. The van der Waals surface area contributed by atoms with Gasteiger partial charge in [-0.2, -0.15) is 0 Å². The van der Waals surface area contributed by atoms with Gasteiger partial charge in [-0.05, 0) is 48.2 Å². The minimum absolute atomic E-state index is 0.154. The van der Waals surface area contributed by atoms with Crippen LogP contribution in [-0.4, -0.2) is 49.4 Å². The first-order valence-electron chi connectivity index (χ1n) is 7.87. The number of aliphatic imine (C=N–C) groups is 1. The molecule has 0 amide bonds. The summed E-state index contributed by atoms with van der Waals surface area (Å²) in [7, 11) is 0. The molecule has 3 aliphatic rings. The summed E-state index contributed by atoms with van der Waals surface area (Å²) in [5.74, 6) is -3.37. The van der Waals surface area contributed by atoms with Crippen LogP contribution in [0.15, 0.2) is 17.1 Å². The Morgan fingerprint density at radius 3 is 2.82 bits per heavy atom. The molecule has 1 atom stereocenters. The van der Waals surface area contributed by atoms with E-state index in [0.29, 0.717) is 26.2 Å². The highest BCUT2D eigenvalue weighted by Gasteiger charge is 2.48. The van der Waals surface area contributed by atoms with Crippen molar-refractivity contribution in [1.29, 1.82) is 0 Å². The molecule has 22 heavy (non-hydrogen) atoms. The standard InChI is InChI=1S/C17H20F2N2O/c1-11-4-12-6-20-7-13(12)5-15(11)16-2-3-21(10-17(16,18)19)14-8-22-9-14/h4-6,14,16H,2-3,7-10H2,1H3. The molecule has 2 fully saturated rings. The number of benzene rings is 1. The van der Waals surface area contributed by atoms with Crippen LogP contribution in [0.3, 0.4) is 0 Å². The smallest absolute Gasteiger partial charge is 0.267 e. The molecular weight excluding hydrogens is 286 g/mol. The number of hydrogen-bond donors (Lipinski definition) is 0. The fraction of sp³-hybridized carbons (Fsp3) is 0.588. The fourth-order valence-electron chi connectivity index (χ4n) is 3.76. The summed E-state index contributed by atoms with van der Waals surface area (Å²) in [5.41, 5.74) is 3.91. The first-order chi connectivity index (χ1) is 10.5. The van der Waals surface area contributed by atoms with Crippen molar-refractivity contribution in [3.05, 3.63) is 34.4 Å². The Labute approximate surface area is 129 Å². The van der Waals surface area contributed by atoms with Crippen molar-refractivity contribution in [1.82, 2.24) is 4.90 Å². The van der Waals surface area contributed by atoms with E-state index in [2.05, 4.69) is 4.99 Å². The van der Waals surface area contributed by atoms with Gasteiger partial charge in [0.1, 0.15) is 0 Å². The lowest BCUT2D eigenvalue weighted by Gasteiger charge is -2.45. The zero-order valence-corrected chi connectivity index (χ0v) is 12.7. The minimum Gasteiger partial charge on any atom is -0.378 e. The van der Waals surface area contributed by atoms with Gasteiger partial charge in [0.2, 0.25) is 0 Å². The zero-order chi connectivity index (χ0) is 15.3. The minimum atomic E-state index is -2.69. The lowest BCUT2D eigenvalue weighted by molar-refractivity contribution is -0.136. The predicted molar refractivity (Wildman–Crippen MR) is 81.0 cm³/mol. The summed E-state index contributed by atoms with van der Waals surface area (Å²) in [6.07, 6.45) is 2.34. The molecule has 4 rings (SSSR count). The Hall–Kier alpha value is -1.33. The fourth-order valence-corrected chi connectivity index (χ4v) is 3.76. The van der Waals surface area contributed by atoms with Gasteiger partial charge in [-0.15, -0.1) is 0 Å². The van der Waals surface area contributed by atoms with E-state index in [1.165, 1.54) is 0 Å². The Kier molecular flexibility index (Phi) is 3.31. The molecule has 0 aromatic heterocycles. The van der Waals surface area contributed by atoms with Crippen LogP contribution < -0.4 is 0 Å². The SMILES string of the molecule is Cc1cc2c(cc1C1CCN(C3COC3)CC1(F)F)CN=C2. The number of nitrogens with zero attached hydrogens (tertiary/aromatic N) is 2. The lowest BCUT2D eigenvalue weighted by atomic mass is 9.82. The number of hydrogen-bond acceptors (Lipinski definition) is 3. The highest BCUT2D eigenvalue weighted by Crippen LogP contribution is 2.43. The molecule has 0 aliphatic carbocycles. The quantitative estimate of drug-likeness (QED) is 0.839. The molecule has 0 N–H and O–H groups in total. The number of likely N-dealkylation sites (tertiary alicyclic amines) is 1. The number of halogens is 2. The van der Waals surface area contributed by atoms with Crippen LogP contribution in [-0.2, 0) is 11.3 Å². The first-order valence-corrected chi connectivity index (χ1v) is 7.87. The molecule has 1 aromatic carbocycles. The van der Waals surface area contributed by atoms with Crippen molar-refractivity contribution in [3.63, 3.8) is 0 Å². The van der Waals surface area contributed by atoms with Gasteiger partial charge in [0.25, 0.3) is 5.92 Å². The number of fused-ring (bicyclic) bond motifs is 1. The summed E-state index contributed by atoms with van der Waals surface area (Å²) in [5, 5.41) is 0. The van der Waals surface area contributed by atoms with Crippen molar-refractivity contribution >= 4 is 6.21 Å². The topological polar surface area (TPSA) is 24.8 Å². The van der Waals surface area contributed by atoms with E-state index in [9.17, 15) is 8.78 Å². The first kappa shape index (κ1) is 14.3. The Balaban J connectivity index is 1.60. The normalized spacial score (nSPS) is 27.7. The van der Waals surface area contributed by atoms with Crippen molar-refractivity contribution in [2.75, 3.05) is 26.3 Å². The predicted octanol–water partition coefficient (Wildman–Crippen LogP) is 2.75. The molecule has 118 valence electrons. The molecule has 1 aromatic rings. The van der Waals surface area contributed by atoms with Crippen LogP contribution in [0.25, 0.3) is 0 Å².